The number of nitrogens with zero attached hydrogens (tertiary/aromatic N) is 3. The molecule has 3 rings (SSSR count). The molecule has 2 heterocycles. The Morgan fingerprint density at radius 3 is 2.55 bits per heavy atom. The zero-order valence-electron chi connectivity index (χ0n) is 10.5. The third-order valence-electron chi connectivity index (χ3n) is 3.18. The van der Waals surface area contributed by atoms with Crippen molar-refractivity contribution < 1.29 is 17.9 Å². The minimum absolute atomic E-state index is 0.240. The van der Waals surface area contributed by atoms with Crippen LogP contribution >= 0.6 is 0 Å². The number of morpholine rings is 1. The first kappa shape index (κ1) is 13.0. The number of anilines is 1. The summed E-state index contributed by atoms with van der Waals surface area (Å²) in [6, 6.07) is 4.57. The van der Waals surface area contributed by atoms with Gasteiger partial charge < -0.3 is 15.5 Å². The number of benzene rings is 1. The van der Waals surface area contributed by atoms with Crippen molar-refractivity contribution >= 4 is 16.7 Å². The number of hydrogen-bond donors (Lipinski definition) is 1. The number of hydrogen-bond acceptors (Lipinski definition) is 4. The van der Waals surface area contributed by atoms with Crippen molar-refractivity contribution in [2.75, 3.05) is 37.0 Å². The fourth-order valence-electron chi connectivity index (χ4n) is 2.31. The molecule has 20 heavy (non-hydrogen) atoms. The van der Waals surface area contributed by atoms with Crippen LogP contribution in [0.3, 0.4) is 0 Å². The molecule has 1 aromatic carbocycles. The predicted octanol–water partition coefficient (Wildman–Crippen LogP) is 1.61. The van der Waals surface area contributed by atoms with Crippen LogP contribution in [0, 0.1) is 0 Å². The first-order valence-electron chi connectivity index (χ1n) is 6.15. The van der Waals surface area contributed by atoms with Gasteiger partial charge in [-0.2, -0.15) is 13.2 Å². The number of nitrogen functional groups attached to an aromatic ring is 1. The van der Waals surface area contributed by atoms with Crippen molar-refractivity contribution in [3.8, 4) is 0 Å². The molecule has 1 aliphatic heterocycles. The minimum atomic E-state index is -4.52. The summed E-state index contributed by atoms with van der Waals surface area (Å²) in [5, 5.41) is 1.60. The van der Waals surface area contributed by atoms with E-state index in [2.05, 4.69) is 4.98 Å². The molecule has 0 amide bonds. The average molecular weight is 286 g/mol. The molecule has 0 spiro atoms. The van der Waals surface area contributed by atoms with Crippen LogP contribution in [-0.2, 0) is 10.9 Å². The maximum absolute atomic E-state index is 13.2. The Morgan fingerprint density at radius 2 is 1.90 bits per heavy atom. The average Bonchev–Trinajstić information content (AvgIpc) is 2.78. The summed E-state index contributed by atoms with van der Waals surface area (Å²) >= 11 is 0. The van der Waals surface area contributed by atoms with Gasteiger partial charge in [-0.15, -0.1) is 0 Å². The number of alkyl halides is 3. The Morgan fingerprint density at radius 1 is 1.20 bits per heavy atom. The highest BCUT2D eigenvalue weighted by Gasteiger charge is 2.39. The fourth-order valence-corrected chi connectivity index (χ4v) is 2.31. The molecule has 5 nitrogen and oxygen atoms in total. The number of rotatable bonds is 1. The first-order chi connectivity index (χ1) is 9.47. The van der Waals surface area contributed by atoms with E-state index in [0.29, 0.717) is 37.5 Å². The predicted molar refractivity (Wildman–Crippen MR) is 67.9 cm³/mol. The molecule has 0 aliphatic carbocycles. The molecule has 0 saturated carbocycles. The molecule has 0 bridgehead atoms. The van der Waals surface area contributed by atoms with Gasteiger partial charge in [0.15, 0.2) is 0 Å². The van der Waals surface area contributed by atoms with Crippen LogP contribution in [0.5, 0.6) is 0 Å². The zero-order valence-corrected chi connectivity index (χ0v) is 10.5. The molecule has 8 heteroatoms. The molecule has 0 radical (unpaired) electrons. The van der Waals surface area contributed by atoms with Gasteiger partial charge in [-0.25, -0.2) is 9.66 Å². The van der Waals surface area contributed by atoms with Gasteiger partial charge in [0.05, 0.1) is 37.3 Å². The third kappa shape index (κ3) is 2.15. The molecular formula is C12H13F3N4O. The smallest absolute Gasteiger partial charge is 0.399 e. The van der Waals surface area contributed by atoms with Crippen molar-refractivity contribution in [3.05, 3.63) is 24.0 Å². The maximum atomic E-state index is 13.2. The van der Waals surface area contributed by atoms with Crippen LogP contribution < -0.4 is 10.7 Å². The van der Waals surface area contributed by atoms with Gasteiger partial charge >= 0.3 is 6.18 Å². The summed E-state index contributed by atoms with van der Waals surface area (Å²) in [5.41, 5.74) is 6.63. The summed E-state index contributed by atoms with van der Waals surface area (Å²) in [6.45, 7) is 1.57. The molecule has 1 saturated heterocycles. The van der Waals surface area contributed by atoms with Crippen molar-refractivity contribution in [3.63, 3.8) is 0 Å². The molecule has 108 valence electrons. The van der Waals surface area contributed by atoms with Gasteiger partial charge in [-0.05, 0) is 18.2 Å². The fraction of sp³-hybridized carbons (Fsp3) is 0.417. The van der Waals surface area contributed by atoms with E-state index in [1.165, 1.54) is 6.07 Å². The van der Waals surface area contributed by atoms with E-state index in [9.17, 15) is 13.2 Å². The summed E-state index contributed by atoms with van der Waals surface area (Å²) in [6.07, 6.45) is -4.52. The molecule has 1 aliphatic rings. The lowest BCUT2D eigenvalue weighted by Gasteiger charge is -2.31. The van der Waals surface area contributed by atoms with Crippen LogP contribution in [0.1, 0.15) is 5.82 Å². The van der Waals surface area contributed by atoms with Gasteiger partial charge in [-0.3, -0.25) is 0 Å². The Balaban J connectivity index is 2.20. The summed E-state index contributed by atoms with van der Waals surface area (Å²) in [4.78, 5) is 3.70. The Bertz CT molecular complexity index is 631. The third-order valence-corrected chi connectivity index (χ3v) is 3.18. The highest BCUT2D eigenvalue weighted by Crippen LogP contribution is 2.32. The Labute approximate surface area is 112 Å². The summed E-state index contributed by atoms with van der Waals surface area (Å²) in [5.74, 6) is -0.931. The van der Waals surface area contributed by atoms with Crippen molar-refractivity contribution in [2.24, 2.45) is 0 Å². The molecule has 2 N–H and O–H groups in total. The minimum Gasteiger partial charge on any atom is -0.399 e. The van der Waals surface area contributed by atoms with Crippen molar-refractivity contribution in [2.45, 2.75) is 6.18 Å². The largest absolute Gasteiger partial charge is 0.451 e. The highest BCUT2D eigenvalue weighted by molar-refractivity contribution is 5.80. The van der Waals surface area contributed by atoms with E-state index in [1.54, 1.807) is 17.1 Å². The molecule has 1 aromatic heterocycles. The molecule has 0 unspecified atom stereocenters. The SMILES string of the molecule is Nc1ccc2c(c1)nc(C(F)(F)F)n2N1CCOCC1. The maximum Gasteiger partial charge on any atom is 0.451 e. The summed E-state index contributed by atoms with van der Waals surface area (Å²) in [7, 11) is 0. The van der Waals surface area contributed by atoms with Crippen molar-refractivity contribution in [1.82, 2.24) is 9.66 Å². The quantitative estimate of drug-likeness (QED) is 0.809. The Hall–Kier alpha value is -1.96. The van der Waals surface area contributed by atoms with E-state index < -0.39 is 12.0 Å². The van der Waals surface area contributed by atoms with Gasteiger partial charge in [0.2, 0.25) is 5.82 Å². The van der Waals surface area contributed by atoms with Gasteiger partial charge in [-0.1, -0.05) is 0 Å². The van der Waals surface area contributed by atoms with Gasteiger partial charge in [0.25, 0.3) is 0 Å². The zero-order chi connectivity index (χ0) is 14.3. The van der Waals surface area contributed by atoms with E-state index in [4.69, 9.17) is 10.5 Å². The van der Waals surface area contributed by atoms with Crippen LogP contribution in [0.4, 0.5) is 18.9 Å². The van der Waals surface area contributed by atoms with Crippen LogP contribution in [0.25, 0.3) is 11.0 Å². The van der Waals surface area contributed by atoms with Crippen LogP contribution in [0.2, 0.25) is 0 Å². The number of halogens is 3. The topological polar surface area (TPSA) is 56.3 Å². The van der Waals surface area contributed by atoms with Crippen LogP contribution in [0.15, 0.2) is 18.2 Å². The second kappa shape index (κ2) is 4.55. The lowest BCUT2D eigenvalue weighted by molar-refractivity contribution is -0.147. The molecule has 1 fully saturated rings. The highest BCUT2D eigenvalue weighted by atomic mass is 19.4. The Kier molecular flexibility index (Phi) is 2.97. The lowest BCUT2D eigenvalue weighted by atomic mass is 10.3. The first-order valence-corrected chi connectivity index (χ1v) is 6.15. The number of aromatic nitrogens is 2. The van der Waals surface area contributed by atoms with Crippen LogP contribution in [-0.4, -0.2) is 36.0 Å². The molecule has 0 atom stereocenters. The van der Waals surface area contributed by atoms with Gasteiger partial charge in [0.1, 0.15) is 0 Å². The lowest BCUT2D eigenvalue weighted by Crippen LogP contribution is -2.45. The molecular weight excluding hydrogens is 273 g/mol. The number of ether oxygens (including phenoxy) is 1. The van der Waals surface area contributed by atoms with Gasteiger partial charge in [0, 0.05) is 5.69 Å². The summed E-state index contributed by atoms with van der Waals surface area (Å²) < 4.78 is 45.8. The van der Waals surface area contributed by atoms with Crippen molar-refractivity contribution in [1.29, 1.82) is 0 Å². The number of fused-ring (bicyclic) bond motifs is 1. The standard InChI is InChI=1S/C12H13F3N4O/c13-12(14,15)11-17-9-7-8(16)1-2-10(9)19(11)18-3-5-20-6-4-18/h1-2,7H,3-6,16H2. The monoisotopic (exact) mass is 286 g/mol. The second-order valence-electron chi connectivity index (χ2n) is 4.56. The van der Waals surface area contributed by atoms with E-state index >= 15 is 0 Å². The number of nitrogens with two attached hydrogens (primary N) is 1. The normalized spacial score (nSPS) is 16.9. The molecule has 2 aromatic rings. The van der Waals surface area contributed by atoms with E-state index in [0.717, 1.165) is 4.68 Å². The van der Waals surface area contributed by atoms with E-state index in [1.807, 2.05) is 0 Å². The second-order valence-corrected chi connectivity index (χ2v) is 4.56. The van der Waals surface area contributed by atoms with E-state index in [-0.39, 0.29) is 5.52 Å². The number of imidazole rings is 1.